The monoisotopic (exact) mass is 251 g/mol. The van der Waals surface area contributed by atoms with Crippen LogP contribution >= 0.6 is 0 Å². The lowest BCUT2D eigenvalue weighted by molar-refractivity contribution is 0.0693. The van der Waals surface area contributed by atoms with Crippen LogP contribution in [-0.4, -0.2) is 25.8 Å². The number of aromatic carboxylic acids is 1. The van der Waals surface area contributed by atoms with Gasteiger partial charge in [0.25, 0.3) is 0 Å². The Kier molecular flexibility index (Phi) is 3.22. The summed E-state index contributed by atoms with van der Waals surface area (Å²) < 4.78 is 19.4. The molecule has 0 atom stereocenters. The Morgan fingerprint density at radius 2 is 2.33 bits per heavy atom. The van der Waals surface area contributed by atoms with Crippen LogP contribution in [0.3, 0.4) is 0 Å². The van der Waals surface area contributed by atoms with Gasteiger partial charge in [0.1, 0.15) is 12.2 Å². The minimum absolute atomic E-state index is 0.0470. The summed E-state index contributed by atoms with van der Waals surface area (Å²) in [6.07, 6.45) is 1.24. The molecule has 0 saturated carbocycles. The zero-order valence-electron chi connectivity index (χ0n) is 9.50. The van der Waals surface area contributed by atoms with Crippen molar-refractivity contribution in [2.24, 2.45) is 7.05 Å². The molecule has 18 heavy (non-hydrogen) atoms. The van der Waals surface area contributed by atoms with Crippen molar-refractivity contribution in [3.63, 3.8) is 0 Å². The molecule has 0 aliphatic carbocycles. The van der Waals surface area contributed by atoms with Crippen LogP contribution in [0.2, 0.25) is 0 Å². The first-order valence-corrected chi connectivity index (χ1v) is 5.07. The van der Waals surface area contributed by atoms with Gasteiger partial charge in [0.2, 0.25) is 11.8 Å². The molecule has 6 nitrogen and oxygen atoms in total. The van der Waals surface area contributed by atoms with Crippen molar-refractivity contribution in [1.29, 1.82) is 0 Å². The number of carboxylic acid groups (broad SMARTS) is 1. The van der Waals surface area contributed by atoms with E-state index >= 15 is 0 Å². The molecule has 0 radical (unpaired) electrons. The molecule has 2 rings (SSSR count). The Balaban J connectivity index is 2.15. The Morgan fingerprint density at radius 3 is 3.00 bits per heavy atom. The smallest absolute Gasteiger partial charge is 0.339 e. The lowest BCUT2D eigenvalue weighted by Gasteiger charge is -2.06. The third-order valence-electron chi connectivity index (χ3n) is 2.34. The maximum absolute atomic E-state index is 12.8. The molecular formula is C11H10FN3O3. The van der Waals surface area contributed by atoms with E-state index in [-0.39, 0.29) is 18.1 Å². The highest BCUT2D eigenvalue weighted by Crippen LogP contribution is 2.12. The quantitative estimate of drug-likeness (QED) is 0.827. The van der Waals surface area contributed by atoms with Gasteiger partial charge in [-0.2, -0.15) is 14.5 Å². The van der Waals surface area contributed by atoms with Crippen molar-refractivity contribution in [3.05, 3.63) is 41.6 Å². The average molecular weight is 251 g/mol. The van der Waals surface area contributed by atoms with Crippen molar-refractivity contribution in [2.45, 2.75) is 6.61 Å². The number of ether oxygens (including phenoxy) is 1. The molecule has 2 heterocycles. The fourth-order valence-corrected chi connectivity index (χ4v) is 1.43. The molecule has 0 saturated heterocycles. The molecule has 0 fully saturated rings. The Morgan fingerprint density at radius 1 is 1.56 bits per heavy atom. The highest BCUT2D eigenvalue weighted by Gasteiger charge is 2.15. The topological polar surface area (TPSA) is 77.2 Å². The minimum atomic E-state index is -1.09. The number of rotatable bonds is 4. The summed E-state index contributed by atoms with van der Waals surface area (Å²) in [5.74, 6) is -1.66. The number of hydrogen-bond acceptors (Lipinski definition) is 4. The van der Waals surface area contributed by atoms with Gasteiger partial charge in [0.15, 0.2) is 0 Å². The summed E-state index contributed by atoms with van der Waals surface area (Å²) in [6, 6.07) is 4.14. The standard InChI is InChI=1S/C11H10FN3O3/c1-15-8(7(5-13-15)11(16)17)6-18-10-4-2-3-9(12)14-10/h2-5H,6H2,1H3,(H,16,17). The molecule has 2 aromatic heterocycles. The third kappa shape index (κ3) is 2.45. The molecule has 0 aliphatic rings. The predicted octanol–water partition coefficient (Wildman–Crippen LogP) is 1.23. The Hall–Kier alpha value is -2.44. The first-order chi connectivity index (χ1) is 8.58. The van der Waals surface area contributed by atoms with Crippen molar-refractivity contribution >= 4 is 5.97 Å². The van der Waals surface area contributed by atoms with Gasteiger partial charge >= 0.3 is 5.97 Å². The van der Waals surface area contributed by atoms with Gasteiger partial charge in [-0.1, -0.05) is 6.07 Å². The molecule has 0 amide bonds. The molecule has 0 spiro atoms. The van der Waals surface area contributed by atoms with E-state index < -0.39 is 11.9 Å². The van der Waals surface area contributed by atoms with Crippen LogP contribution < -0.4 is 4.74 Å². The fraction of sp³-hybridized carbons (Fsp3) is 0.182. The second kappa shape index (κ2) is 4.82. The van der Waals surface area contributed by atoms with E-state index in [0.717, 1.165) is 0 Å². The zero-order chi connectivity index (χ0) is 13.1. The third-order valence-corrected chi connectivity index (χ3v) is 2.34. The molecule has 1 N–H and O–H groups in total. The molecular weight excluding hydrogens is 241 g/mol. The van der Waals surface area contributed by atoms with Crippen LogP contribution in [0.1, 0.15) is 16.1 Å². The van der Waals surface area contributed by atoms with Gasteiger partial charge in [-0.15, -0.1) is 0 Å². The molecule has 0 bridgehead atoms. The Labute approximate surface area is 102 Å². The van der Waals surface area contributed by atoms with Crippen LogP contribution in [0, 0.1) is 5.95 Å². The van der Waals surface area contributed by atoms with E-state index in [9.17, 15) is 9.18 Å². The summed E-state index contributed by atoms with van der Waals surface area (Å²) in [5, 5.41) is 12.8. The number of nitrogens with zero attached hydrogens (tertiary/aromatic N) is 3. The van der Waals surface area contributed by atoms with Gasteiger partial charge in [0, 0.05) is 13.1 Å². The number of aryl methyl sites for hydroxylation is 1. The van der Waals surface area contributed by atoms with Gasteiger partial charge in [-0.25, -0.2) is 4.79 Å². The van der Waals surface area contributed by atoms with Crippen molar-refractivity contribution in [3.8, 4) is 5.88 Å². The van der Waals surface area contributed by atoms with Gasteiger partial charge in [-0.3, -0.25) is 4.68 Å². The molecule has 0 aromatic carbocycles. The van der Waals surface area contributed by atoms with E-state index in [4.69, 9.17) is 9.84 Å². The summed E-state index contributed by atoms with van der Waals surface area (Å²) >= 11 is 0. The molecule has 0 unspecified atom stereocenters. The van der Waals surface area contributed by atoms with Crippen LogP contribution in [0.25, 0.3) is 0 Å². The molecule has 94 valence electrons. The lowest BCUT2D eigenvalue weighted by Crippen LogP contribution is -2.09. The fourth-order valence-electron chi connectivity index (χ4n) is 1.43. The second-order valence-corrected chi connectivity index (χ2v) is 3.52. The summed E-state index contributed by atoms with van der Waals surface area (Å²) in [5.41, 5.74) is 0.433. The van der Waals surface area contributed by atoms with E-state index in [1.165, 1.54) is 29.1 Å². The number of pyridine rings is 1. The number of aromatic nitrogens is 3. The zero-order valence-corrected chi connectivity index (χ0v) is 9.50. The predicted molar refractivity (Wildman–Crippen MR) is 58.7 cm³/mol. The maximum atomic E-state index is 12.8. The Bertz CT molecular complexity index is 583. The van der Waals surface area contributed by atoms with Gasteiger partial charge < -0.3 is 9.84 Å². The summed E-state index contributed by atoms with van der Waals surface area (Å²) in [4.78, 5) is 14.4. The van der Waals surface area contributed by atoms with Crippen molar-refractivity contribution in [2.75, 3.05) is 0 Å². The maximum Gasteiger partial charge on any atom is 0.339 e. The second-order valence-electron chi connectivity index (χ2n) is 3.52. The van der Waals surface area contributed by atoms with Crippen molar-refractivity contribution < 1.29 is 19.0 Å². The van der Waals surface area contributed by atoms with Crippen LogP contribution in [0.15, 0.2) is 24.4 Å². The molecule has 2 aromatic rings. The number of hydrogen-bond donors (Lipinski definition) is 1. The van der Waals surface area contributed by atoms with E-state index in [2.05, 4.69) is 10.1 Å². The van der Waals surface area contributed by atoms with Crippen LogP contribution in [-0.2, 0) is 13.7 Å². The number of carboxylic acids is 1. The number of halogens is 1. The summed E-state index contributed by atoms with van der Waals surface area (Å²) in [7, 11) is 1.60. The highest BCUT2D eigenvalue weighted by molar-refractivity contribution is 5.88. The van der Waals surface area contributed by atoms with Crippen LogP contribution in [0.4, 0.5) is 4.39 Å². The first kappa shape index (κ1) is 12.0. The lowest BCUT2D eigenvalue weighted by atomic mass is 10.2. The molecule has 0 aliphatic heterocycles. The largest absolute Gasteiger partial charge is 0.478 e. The van der Waals surface area contributed by atoms with E-state index in [1.807, 2.05) is 0 Å². The van der Waals surface area contributed by atoms with E-state index in [0.29, 0.717) is 5.69 Å². The average Bonchev–Trinajstić information content (AvgIpc) is 2.68. The minimum Gasteiger partial charge on any atom is -0.478 e. The van der Waals surface area contributed by atoms with E-state index in [1.54, 1.807) is 7.05 Å². The van der Waals surface area contributed by atoms with Gasteiger partial charge in [-0.05, 0) is 6.07 Å². The summed E-state index contributed by atoms with van der Waals surface area (Å²) in [6.45, 7) is -0.0470. The molecule has 7 heteroatoms. The normalized spacial score (nSPS) is 10.3. The van der Waals surface area contributed by atoms with Crippen LogP contribution in [0.5, 0.6) is 5.88 Å². The number of carbonyl (C=O) groups is 1. The highest BCUT2D eigenvalue weighted by atomic mass is 19.1. The van der Waals surface area contributed by atoms with Gasteiger partial charge in [0.05, 0.1) is 11.9 Å². The SMILES string of the molecule is Cn1ncc(C(=O)O)c1COc1cccc(F)n1. The van der Waals surface area contributed by atoms with Crippen molar-refractivity contribution in [1.82, 2.24) is 14.8 Å². The first-order valence-electron chi connectivity index (χ1n) is 5.07.